The SMILES string of the molecule is COc1cccc(CCNCCC(=O)N(C)C)c1. The molecule has 1 aromatic carbocycles. The second-order valence-corrected chi connectivity index (χ2v) is 4.39. The molecule has 18 heavy (non-hydrogen) atoms. The zero-order valence-electron chi connectivity index (χ0n) is 11.4. The Bertz CT molecular complexity index is 378. The molecule has 1 rings (SSSR count). The number of hydrogen-bond acceptors (Lipinski definition) is 3. The van der Waals surface area contributed by atoms with Crippen molar-refractivity contribution >= 4 is 5.91 Å². The van der Waals surface area contributed by atoms with Crippen LogP contribution in [0.3, 0.4) is 0 Å². The number of nitrogens with one attached hydrogen (secondary N) is 1. The van der Waals surface area contributed by atoms with E-state index in [4.69, 9.17) is 4.74 Å². The van der Waals surface area contributed by atoms with E-state index in [0.29, 0.717) is 6.42 Å². The molecule has 0 bridgehead atoms. The lowest BCUT2D eigenvalue weighted by atomic mass is 10.1. The largest absolute Gasteiger partial charge is 0.497 e. The molecule has 0 aliphatic carbocycles. The van der Waals surface area contributed by atoms with Gasteiger partial charge in [0, 0.05) is 27.1 Å². The zero-order chi connectivity index (χ0) is 13.4. The molecule has 0 unspecified atom stereocenters. The van der Waals surface area contributed by atoms with Crippen LogP contribution < -0.4 is 10.1 Å². The molecule has 0 spiro atoms. The summed E-state index contributed by atoms with van der Waals surface area (Å²) in [5.41, 5.74) is 1.24. The van der Waals surface area contributed by atoms with Gasteiger partial charge in [-0.1, -0.05) is 12.1 Å². The monoisotopic (exact) mass is 250 g/mol. The van der Waals surface area contributed by atoms with E-state index in [1.165, 1.54) is 5.56 Å². The quantitative estimate of drug-likeness (QED) is 0.742. The second-order valence-electron chi connectivity index (χ2n) is 4.39. The van der Waals surface area contributed by atoms with Crippen LogP contribution in [0, 0.1) is 0 Å². The molecule has 0 saturated heterocycles. The van der Waals surface area contributed by atoms with Crippen molar-refractivity contribution < 1.29 is 9.53 Å². The first-order valence-corrected chi connectivity index (χ1v) is 6.17. The van der Waals surface area contributed by atoms with Crippen molar-refractivity contribution in [1.29, 1.82) is 0 Å². The molecule has 4 heteroatoms. The number of carbonyl (C=O) groups excluding carboxylic acids is 1. The van der Waals surface area contributed by atoms with Crippen LogP contribution in [0.5, 0.6) is 5.75 Å². The maximum atomic E-state index is 11.3. The van der Waals surface area contributed by atoms with Gasteiger partial charge in [-0.25, -0.2) is 0 Å². The van der Waals surface area contributed by atoms with Crippen molar-refractivity contribution in [2.75, 3.05) is 34.3 Å². The Hall–Kier alpha value is -1.55. The lowest BCUT2D eigenvalue weighted by Crippen LogP contribution is -2.27. The minimum atomic E-state index is 0.156. The number of carbonyl (C=O) groups is 1. The highest BCUT2D eigenvalue weighted by Crippen LogP contribution is 2.12. The van der Waals surface area contributed by atoms with Gasteiger partial charge in [-0.05, 0) is 30.7 Å². The number of nitrogens with zero attached hydrogens (tertiary/aromatic N) is 1. The third-order valence-electron chi connectivity index (χ3n) is 2.74. The summed E-state index contributed by atoms with van der Waals surface area (Å²) in [6.07, 6.45) is 1.48. The van der Waals surface area contributed by atoms with Gasteiger partial charge >= 0.3 is 0 Å². The van der Waals surface area contributed by atoms with Crippen LogP contribution in [0.2, 0.25) is 0 Å². The number of amides is 1. The first kappa shape index (κ1) is 14.5. The van der Waals surface area contributed by atoms with Crippen molar-refractivity contribution in [2.24, 2.45) is 0 Å². The fourth-order valence-electron chi connectivity index (χ4n) is 1.60. The van der Waals surface area contributed by atoms with Gasteiger partial charge in [-0.3, -0.25) is 4.79 Å². The topological polar surface area (TPSA) is 41.6 Å². The molecule has 0 heterocycles. The van der Waals surface area contributed by atoms with Gasteiger partial charge in [0.05, 0.1) is 7.11 Å². The molecule has 1 N–H and O–H groups in total. The highest BCUT2D eigenvalue weighted by molar-refractivity contribution is 5.75. The Kier molecular flexibility index (Phi) is 6.22. The minimum absolute atomic E-state index is 0.156. The summed E-state index contributed by atoms with van der Waals surface area (Å²) in [4.78, 5) is 12.9. The lowest BCUT2D eigenvalue weighted by Gasteiger charge is -2.10. The van der Waals surface area contributed by atoms with Crippen LogP contribution in [0.25, 0.3) is 0 Å². The molecule has 1 amide bonds. The van der Waals surface area contributed by atoms with Crippen LogP contribution in [0.4, 0.5) is 0 Å². The molecular formula is C14H22N2O2. The number of methoxy groups -OCH3 is 1. The summed E-state index contributed by atoms with van der Waals surface area (Å²) in [5.74, 6) is 1.04. The molecule has 0 atom stereocenters. The van der Waals surface area contributed by atoms with E-state index in [1.54, 1.807) is 26.1 Å². The Balaban J connectivity index is 2.19. The van der Waals surface area contributed by atoms with E-state index in [0.717, 1.165) is 25.3 Å². The normalized spacial score (nSPS) is 10.2. The lowest BCUT2D eigenvalue weighted by molar-refractivity contribution is -0.128. The third-order valence-corrected chi connectivity index (χ3v) is 2.74. The Morgan fingerprint density at radius 3 is 2.78 bits per heavy atom. The Morgan fingerprint density at radius 2 is 2.11 bits per heavy atom. The minimum Gasteiger partial charge on any atom is -0.497 e. The molecule has 0 aromatic heterocycles. The third kappa shape index (κ3) is 5.19. The second kappa shape index (κ2) is 7.71. The van der Waals surface area contributed by atoms with Crippen LogP contribution >= 0.6 is 0 Å². The number of ether oxygens (including phenoxy) is 1. The molecule has 4 nitrogen and oxygen atoms in total. The fraction of sp³-hybridized carbons (Fsp3) is 0.500. The average Bonchev–Trinajstić information content (AvgIpc) is 2.38. The molecule has 100 valence electrons. The van der Waals surface area contributed by atoms with Crippen molar-refractivity contribution in [3.63, 3.8) is 0 Å². The van der Waals surface area contributed by atoms with Gasteiger partial charge in [0.25, 0.3) is 0 Å². The standard InChI is InChI=1S/C14H22N2O2/c1-16(2)14(17)8-10-15-9-7-12-5-4-6-13(11-12)18-3/h4-6,11,15H,7-10H2,1-3H3. The van der Waals surface area contributed by atoms with Gasteiger partial charge in [-0.2, -0.15) is 0 Å². The van der Waals surface area contributed by atoms with Crippen molar-refractivity contribution in [3.05, 3.63) is 29.8 Å². The maximum absolute atomic E-state index is 11.3. The van der Waals surface area contributed by atoms with Crippen molar-refractivity contribution in [3.8, 4) is 5.75 Å². The first-order chi connectivity index (χ1) is 8.63. The van der Waals surface area contributed by atoms with Gasteiger partial charge in [0.1, 0.15) is 5.75 Å². The zero-order valence-corrected chi connectivity index (χ0v) is 11.4. The number of benzene rings is 1. The van der Waals surface area contributed by atoms with Crippen LogP contribution in [-0.4, -0.2) is 45.1 Å². The van der Waals surface area contributed by atoms with Gasteiger partial charge in [-0.15, -0.1) is 0 Å². The predicted molar refractivity (Wildman–Crippen MR) is 72.9 cm³/mol. The highest BCUT2D eigenvalue weighted by atomic mass is 16.5. The van der Waals surface area contributed by atoms with Crippen LogP contribution in [-0.2, 0) is 11.2 Å². The van der Waals surface area contributed by atoms with E-state index in [9.17, 15) is 4.79 Å². The van der Waals surface area contributed by atoms with E-state index in [-0.39, 0.29) is 5.91 Å². The van der Waals surface area contributed by atoms with E-state index in [1.807, 2.05) is 18.2 Å². The Labute approximate surface area is 109 Å². The summed E-state index contributed by atoms with van der Waals surface area (Å²) in [6, 6.07) is 8.04. The molecule has 0 aliphatic heterocycles. The van der Waals surface area contributed by atoms with Crippen LogP contribution in [0.1, 0.15) is 12.0 Å². The highest BCUT2D eigenvalue weighted by Gasteiger charge is 2.02. The summed E-state index contributed by atoms with van der Waals surface area (Å²) in [5, 5.41) is 3.27. The van der Waals surface area contributed by atoms with E-state index in [2.05, 4.69) is 11.4 Å². The van der Waals surface area contributed by atoms with Crippen molar-refractivity contribution in [1.82, 2.24) is 10.2 Å². The van der Waals surface area contributed by atoms with Gasteiger partial charge < -0.3 is 15.0 Å². The summed E-state index contributed by atoms with van der Waals surface area (Å²) in [7, 11) is 5.22. The molecule has 0 saturated carbocycles. The smallest absolute Gasteiger partial charge is 0.223 e. The molecule has 0 fully saturated rings. The maximum Gasteiger partial charge on any atom is 0.223 e. The number of hydrogen-bond donors (Lipinski definition) is 1. The van der Waals surface area contributed by atoms with Crippen molar-refractivity contribution in [2.45, 2.75) is 12.8 Å². The number of rotatable bonds is 7. The summed E-state index contributed by atoms with van der Waals surface area (Å²) >= 11 is 0. The van der Waals surface area contributed by atoms with E-state index >= 15 is 0 Å². The average molecular weight is 250 g/mol. The van der Waals surface area contributed by atoms with Crippen LogP contribution in [0.15, 0.2) is 24.3 Å². The molecular weight excluding hydrogens is 228 g/mol. The summed E-state index contributed by atoms with van der Waals surface area (Å²) in [6.45, 7) is 1.59. The molecule has 1 aromatic rings. The predicted octanol–water partition coefficient (Wildman–Crippen LogP) is 1.31. The molecule has 0 radical (unpaired) electrons. The van der Waals surface area contributed by atoms with Gasteiger partial charge in [0.15, 0.2) is 0 Å². The summed E-state index contributed by atoms with van der Waals surface area (Å²) < 4.78 is 5.17. The van der Waals surface area contributed by atoms with Gasteiger partial charge in [0.2, 0.25) is 5.91 Å². The van der Waals surface area contributed by atoms with E-state index < -0.39 is 0 Å². The molecule has 0 aliphatic rings. The fourth-order valence-corrected chi connectivity index (χ4v) is 1.60. The first-order valence-electron chi connectivity index (χ1n) is 6.17. The Morgan fingerprint density at radius 1 is 1.33 bits per heavy atom.